The van der Waals surface area contributed by atoms with Gasteiger partial charge in [0.05, 0.1) is 12.3 Å². The van der Waals surface area contributed by atoms with Gasteiger partial charge in [0.1, 0.15) is 0 Å². The van der Waals surface area contributed by atoms with Gasteiger partial charge in [0.15, 0.2) is 10.8 Å². The van der Waals surface area contributed by atoms with E-state index >= 15 is 0 Å². The first kappa shape index (κ1) is 14.8. The monoisotopic (exact) mass is 308 g/mol. The largest absolute Gasteiger partial charge is 0.379 e. The van der Waals surface area contributed by atoms with Crippen molar-refractivity contribution < 1.29 is 4.74 Å². The molecule has 0 aliphatic heterocycles. The van der Waals surface area contributed by atoms with E-state index in [-0.39, 0.29) is 0 Å². The lowest BCUT2D eigenvalue weighted by Gasteiger charge is -2.18. The van der Waals surface area contributed by atoms with Crippen LogP contribution in [0.5, 0.6) is 0 Å². The first-order valence-corrected chi connectivity index (χ1v) is 8.61. The summed E-state index contributed by atoms with van der Waals surface area (Å²) in [4.78, 5) is 8.03. The Bertz CT molecular complexity index is 575. The van der Waals surface area contributed by atoms with Crippen LogP contribution in [0, 0.1) is 5.92 Å². The maximum atomic E-state index is 5.74. The third kappa shape index (κ3) is 3.56. The van der Waals surface area contributed by atoms with Crippen molar-refractivity contribution in [2.75, 3.05) is 38.3 Å². The van der Waals surface area contributed by atoms with Gasteiger partial charge >= 0.3 is 0 Å². The van der Waals surface area contributed by atoms with Crippen LogP contribution in [-0.2, 0) is 11.3 Å². The van der Waals surface area contributed by atoms with E-state index in [0.717, 1.165) is 49.5 Å². The number of likely N-dealkylation sites (N-methyl/N-ethyl adjacent to an activating group) is 1. The van der Waals surface area contributed by atoms with E-state index in [1.165, 1.54) is 18.5 Å². The van der Waals surface area contributed by atoms with Crippen molar-refractivity contribution >= 4 is 22.1 Å². The van der Waals surface area contributed by atoms with Crippen molar-refractivity contribution in [2.24, 2.45) is 5.92 Å². The van der Waals surface area contributed by atoms with E-state index in [1.807, 2.05) is 0 Å². The summed E-state index contributed by atoms with van der Waals surface area (Å²) in [5.74, 6) is 1.90. The third-order valence-electron chi connectivity index (χ3n) is 3.87. The first-order valence-electron chi connectivity index (χ1n) is 7.73. The molecule has 1 saturated carbocycles. The summed E-state index contributed by atoms with van der Waals surface area (Å²) in [6, 6.07) is 0. The molecule has 116 valence electrons. The summed E-state index contributed by atoms with van der Waals surface area (Å²) in [5.41, 5.74) is 1.23. The molecule has 1 N–H and O–H groups in total. The molecule has 6 heteroatoms. The zero-order valence-corrected chi connectivity index (χ0v) is 13.7. The van der Waals surface area contributed by atoms with E-state index < -0.39 is 0 Å². The Morgan fingerprint density at radius 3 is 3.14 bits per heavy atom. The molecule has 0 aromatic carbocycles. The molecule has 0 saturated heterocycles. The fourth-order valence-electron chi connectivity index (χ4n) is 2.38. The van der Waals surface area contributed by atoms with Crippen LogP contribution in [0.4, 0.5) is 5.82 Å². The van der Waals surface area contributed by atoms with E-state index in [1.54, 1.807) is 11.3 Å². The van der Waals surface area contributed by atoms with Crippen LogP contribution in [0.25, 0.3) is 4.96 Å². The van der Waals surface area contributed by atoms with Crippen molar-refractivity contribution in [3.05, 3.63) is 17.3 Å². The van der Waals surface area contributed by atoms with E-state index in [9.17, 15) is 0 Å². The fraction of sp³-hybridized carbons (Fsp3) is 0.667. The molecule has 2 heterocycles. The minimum atomic E-state index is 0.777. The SMILES string of the molecule is CCNCc1c(N(C)CCOCC2CC2)nc2sccn12. The van der Waals surface area contributed by atoms with Crippen LogP contribution in [0.3, 0.4) is 0 Å². The molecule has 1 fully saturated rings. The lowest BCUT2D eigenvalue weighted by molar-refractivity contribution is 0.131. The Balaban J connectivity index is 1.63. The molecular weight excluding hydrogens is 284 g/mol. The maximum Gasteiger partial charge on any atom is 0.195 e. The number of nitrogens with one attached hydrogen (secondary N) is 1. The summed E-state index contributed by atoms with van der Waals surface area (Å²) in [6.45, 7) is 6.52. The number of anilines is 1. The number of imidazole rings is 1. The zero-order valence-electron chi connectivity index (χ0n) is 12.8. The van der Waals surface area contributed by atoms with Crippen molar-refractivity contribution in [1.82, 2.24) is 14.7 Å². The van der Waals surface area contributed by atoms with Gasteiger partial charge in [0, 0.05) is 38.3 Å². The third-order valence-corrected chi connectivity index (χ3v) is 4.62. The van der Waals surface area contributed by atoms with Gasteiger partial charge < -0.3 is 15.0 Å². The molecule has 0 bridgehead atoms. The minimum Gasteiger partial charge on any atom is -0.379 e. The number of hydrogen-bond acceptors (Lipinski definition) is 5. The van der Waals surface area contributed by atoms with Gasteiger partial charge in [-0.2, -0.15) is 0 Å². The molecule has 0 radical (unpaired) electrons. The molecule has 2 aromatic rings. The van der Waals surface area contributed by atoms with E-state index in [4.69, 9.17) is 9.72 Å². The number of nitrogens with zero attached hydrogens (tertiary/aromatic N) is 3. The standard InChI is InChI=1S/C15H24N4OS/c1-3-16-10-13-14(17-15-19(13)7-9-21-15)18(2)6-8-20-11-12-4-5-12/h7,9,12,16H,3-6,8,10-11H2,1-2H3. The molecule has 1 aliphatic rings. The Morgan fingerprint density at radius 1 is 1.52 bits per heavy atom. The molecule has 5 nitrogen and oxygen atoms in total. The van der Waals surface area contributed by atoms with Gasteiger partial charge in [-0.3, -0.25) is 4.40 Å². The summed E-state index contributed by atoms with van der Waals surface area (Å²) in [5, 5.41) is 5.49. The van der Waals surface area contributed by atoms with Crippen LogP contribution in [0.15, 0.2) is 11.6 Å². The second kappa shape index (κ2) is 6.77. The van der Waals surface area contributed by atoms with Crippen LogP contribution in [0.1, 0.15) is 25.5 Å². The topological polar surface area (TPSA) is 41.8 Å². The predicted octanol–water partition coefficient (Wildman–Crippen LogP) is 2.37. The highest BCUT2D eigenvalue weighted by molar-refractivity contribution is 7.15. The predicted molar refractivity (Wildman–Crippen MR) is 87.3 cm³/mol. The van der Waals surface area contributed by atoms with Crippen molar-refractivity contribution in [3.63, 3.8) is 0 Å². The maximum absolute atomic E-state index is 5.74. The molecule has 0 amide bonds. The van der Waals surface area contributed by atoms with Crippen LogP contribution in [0.2, 0.25) is 0 Å². The average molecular weight is 308 g/mol. The Hall–Kier alpha value is -1.11. The smallest absolute Gasteiger partial charge is 0.195 e. The molecule has 3 rings (SSSR count). The number of fused-ring (bicyclic) bond motifs is 1. The molecule has 0 spiro atoms. The number of thiazole rings is 1. The highest BCUT2D eigenvalue weighted by Crippen LogP contribution is 2.28. The van der Waals surface area contributed by atoms with Gasteiger partial charge in [-0.05, 0) is 25.3 Å². The van der Waals surface area contributed by atoms with Gasteiger partial charge in [-0.15, -0.1) is 11.3 Å². The molecule has 2 aromatic heterocycles. The average Bonchev–Trinajstić information content (AvgIpc) is 3.07. The highest BCUT2D eigenvalue weighted by atomic mass is 32.1. The van der Waals surface area contributed by atoms with Crippen molar-refractivity contribution in [2.45, 2.75) is 26.3 Å². The van der Waals surface area contributed by atoms with Crippen molar-refractivity contribution in [3.8, 4) is 0 Å². The number of ether oxygens (including phenoxy) is 1. The quantitative estimate of drug-likeness (QED) is 0.722. The van der Waals surface area contributed by atoms with Gasteiger partial charge in [-0.1, -0.05) is 6.92 Å². The molecule has 1 aliphatic carbocycles. The Morgan fingerprint density at radius 2 is 2.38 bits per heavy atom. The molecule has 0 unspecified atom stereocenters. The Kier molecular flexibility index (Phi) is 4.77. The zero-order chi connectivity index (χ0) is 14.7. The van der Waals surface area contributed by atoms with Crippen molar-refractivity contribution in [1.29, 1.82) is 0 Å². The second-order valence-electron chi connectivity index (χ2n) is 5.66. The fourth-order valence-corrected chi connectivity index (χ4v) is 3.10. The molecular formula is C15H24N4OS. The summed E-state index contributed by atoms with van der Waals surface area (Å²) >= 11 is 1.68. The normalized spacial score (nSPS) is 15.0. The van der Waals surface area contributed by atoms with Crippen LogP contribution in [-0.4, -0.2) is 42.7 Å². The molecule has 0 atom stereocenters. The minimum absolute atomic E-state index is 0.777. The second-order valence-corrected chi connectivity index (χ2v) is 6.53. The van der Waals surface area contributed by atoms with E-state index in [2.05, 4.69) is 40.2 Å². The summed E-state index contributed by atoms with van der Waals surface area (Å²) in [6.07, 6.45) is 4.79. The lowest BCUT2D eigenvalue weighted by Crippen LogP contribution is -2.25. The van der Waals surface area contributed by atoms with Gasteiger partial charge in [-0.25, -0.2) is 4.98 Å². The first-order chi connectivity index (χ1) is 10.3. The van der Waals surface area contributed by atoms with Crippen LogP contribution < -0.4 is 10.2 Å². The summed E-state index contributed by atoms with van der Waals surface area (Å²) < 4.78 is 7.92. The lowest BCUT2D eigenvalue weighted by atomic mass is 10.3. The van der Waals surface area contributed by atoms with Gasteiger partial charge in [0.2, 0.25) is 0 Å². The van der Waals surface area contributed by atoms with E-state index in [0.29, 0.717) is 0 Å². The van der Waals surface area contributed by atoms with Crippen LogP contribution >= 0.6 is 11.3 Å². The number of rotatable bonds is 9. The number of aromatic nitrogens is 2. The Labute approximate surface area is 129 Å². The molecule has 21 heavy (non-hydrogen) atoms. The number of hydrogen-bond donors (Lipinski definition) is 1. The van der Waals surface area contributed by atoms with Gasteiger partial charge in [0.25, 0.3) is 0 Å². The highest BCUT2D eigenvalue weighted by Gasteiger charge is 2.21. The summed E-state index contributed by atoms with van der Waals surface area (Å²) in [7, 11) is 2.10.